The van der Waals surface area contributed by atoms with Gasteiger partial charge in [-0.15, -0.1) is 0 Å². The Morgan fingerprint density at radius 2 is 1.57 bits per heavy atom. The van der Waals surface area contributed by atoms with E-state index in [-0.39, 0.29) is 12.5 Å². The molecule has 0 heterocycles. The highest BCUT2D eigenvalue weighted by atomic mass is 35.5. The molecule has 0 unspecified atom stereocenters. The number of benzene rings is 3. The van der Waals surface area contributed by atoms with Gasteiger partial charge in [0.05, 0.1) is 12.3 Å². The van der Waals surface area contributed by atoms with Gasteiger partial charge in [-0.1, -0.05) is 54.1 Å². The van der Waals surface area contributed by atoms with Crippen molar-refractivity contribution in [1.82, 2.24) is 0 Å². The topological polar surface area (TPSA) is 47.6 Å². The van der Waals surface area contributed by atoms with Gasteiger partial charge in [-0.3, -0.25) is 4.79 Å². The molecule has 0 saturated carbocycles. The third-order valence-electron chi connectivity index (χ3n) is 4.05. The first-order valence-corrected chi connectivity index (χ1v) is 9.52. The van der Waals surface area contributed by atoms with Crippen LogP contribution in [0.3, 0.4) is 0 Å². The molecule has 1 amide bonds. The van der Waals surface area contributed by atoms with Crippen LogP contribution >= 0.6 is 11.6 Å². The maximum atomic E-state index is 12.2. The number of aryl methyl sites for hydroxylation is 1. The first-order chi connectivity index (χ1) is 13.7. The van der Waals surface area contributed by atoms with Crippen LogP contribution in [0.25, 0.3) is 0 Å². The summed E-state index contributed by atoms with van der Waals surface area (Å²) >= 11 is 5.84. The van der Waals surface area contributed by atoms with Crippen molar-refractivity contribution in [3.63, 3.8) is 0 Å². The van der Waals surface area contributed by atoms with E-state index in [4.69, 9.17) is 21.1 Å². The van der Waals surface area contributed by atoms with Crippen LogP contribution in [0.2, 0.25) is 5.02 Å². The van der Waals surface area contributed by atoms with Crippen molar-refractivity contribution in [3.8, 4) is 11.5 Å². The fourth-order valence-corrected chi connectivity index (χ4v) is 2.79. The van der Waals surface area contributed by atoms with Crippen LogP contribution in [0.15, 0.2) is 78.9 Å². The smallest absolute Gasteiger partial charge is 0.262 e. The lowest BCUT2D eigenvalue weighted by Gasteiger charge is -2.13. The zero-order chi connectivity index (χ0) is 19.6. The van der Waals surface area contributed by atoms with Crippen molar-refractivity contribution < 1.29 is 14.3 Å². The van der Waals surface area contributed by atoms with Gasteiger partial charge in [0, 0.05) is 5.02 Å². The summed E-state index contributed by atoms with van der Waals surface area (Å²) in [6.07, 6.45) is 1.84. The van der Waals surface area contributed by atoms with Gasteiger partial charge in [-0.05, 0) is 54.8 Å². The Labute approximate surface area is 170 Å². The molecular weight excluding hydrogens is 374 g/mol. The number of carbonyl (C=O) groups excluding carboxylic acids is 1. The molecule has 0 saturated heterocycles. The minimum Gasteiger partial charge on any atom is -0.491 e. The fraction of sp³-hybridized carbons (Fsp3) is 0.174. The maximum Gasteiger partial charge on any atom is 0.262 e. The fourth-order valence-electron chi connectivity index (χ4n) is 2.66. The predicted molar refractivity (Wildman–Crippen MR) is 112 cm³/mol. The molecule has 3 rings (SSSR count). The monoisotopic (exact) mass is 395 g/mol. The Kier molecular flexibility index (Phi) is 7.33. The SMILES string of the molecule is O=C(COc1ccc(Cl)cc1)Nc1ccccc1OCCCc1ccccc1. The summed E-state index contributed by atoms with van der Waals surface area (Å²) in [7, 11) is 0. The average Bonchev–Trinajstić information content (AvgIpc) is 2.73. The lowest BCUT2D eigenvalue weighted by molar-refractivity contribution is -0.118. The lowest BCUT2D eigenvalue weighted by Crippen LogP contribution is -2.20. The van der Waals surface area contributed by atoms with E-state index in [0.717, 1.165) is 12.8 Å². The van der Waals surface area contributed by atoms with Gasteiger partial charge in [0.2, 0.25) is 0 Å². The van der Waals surface area contributed by atoms with Crippen molar-refractivity contribution >= 4 is 23.2 Å². The van der Waals surface area contributed by atoms with E-state index in [1.54, 1.807) is 24.3 Å². The van der Waals surface area contributed by atoms with E-state index in [0.29, 0.717) is 28.8 Å². The first kappa shape index (κ1) is 19.8. The summed E-state index contributed by atoms with van der Waals surface area (Å²) in [5.41, 5.74) is 1.92. The van der Waals surface area contributed by atoms with E-state index in [9.17, 15) is 4.79 Å². The predicted octanol–water partition coefficient (Wildman–Crippen LogP) is 5.37. The number of hydrogen-bond acceptors (Lipinski definition) is 3. The van der Waals surface area contributed by atoms with Crippen LogP contribution in [0.5, 0.6) is 11.5 Å². The van der Waals surface area contributed by atoms with Crippen molar-refractivity contribution in [2.24, 2.45) is 0 Å². The molecular formula is C23H22ClNO3. The van der Waals surface area contributed by atoms with Crippen molar-refractivity contribution in [2.45, 2.75) is 12.8 Å². The maximum absolute atomic E-state index is 12.2. The van der Waals surface area contributed by atoms with Crippen LogP contribution < -0.4 is 14.8 Å². The molecule has 0 aliphatic carbocycles. The van der Waals surface area contributed by atoms with Crippen molar-refractivity contribution in [2.75, 3.05) is 18.5 Å². The van der Waals surface area contributed by atoms with Gasteiger partial charge in [0.25, 0.3) is 5.91 Å². The second kappa shape index (κ2) is 10.4. The zero-order valence-corrected chi connectivity index (χ0v) is 16.2. The number of ether oxygens (including phenoxy) is 2. The Bertz CT molecular complexity index is 882. The number of anilines is 1. The third-order valence-corrected chi connectivity index (χ3v) is 4.31. The minimum atomic E-state index is -0.254. The highest BCUT2D eigenvalue weighted by Crippen LogP contribution is 2.24. The molecule has 0 spiro atoms. The number of hydrogen-bond donors (Lipinski definition) is 1. The van der Waals surface area contributed by atoms with Gasteiger partial charge in [0.15, 0.2) is 6.61 Å². The minimum absolute atomic E-state index is 0.0933. The average molecular weight is 396 g/mol. The van der Waals surface area contributed by atoms with E-state index in [2.05, 4.69) is 17.4 Å². The Morgan fingerprint density at radius 1 is 0.857 bits per heavy atom. The summed E-state index contributed by atoms with van der Waals surface area (Å²) in [5.74, 6) is 0.982. The first-order valence-electron chi connectivity index (χ1n) is 9.15. The van der Waals surface area contributed by atoms with E-state index in [1.165, 1.54) is 5.56 Å². The summed E-state index contributed by atoms with van der Waals surface area (Å²) in [4.78, 5) is 12.2. The highest BCUT2D eigenvalue weighted by molar-refractivity contribution is 6.30. The molecule has 0 atom stereocenters. The largest absolute Gasteiger partial charge is 0.491 e. The van der Waals surface area contributed by atoms with Crippen LogP contribution in [-0.2, 0) is 11.2 Å². The second-order valence-electron chi connectivity index (χ2n) is 6.22. The zero-order valence-electron chi connectivity index (χ0n) is 15.4. The van der Waals surface area contributed by atoms with Gasteiger partial charge in [0.1, 0.15) is 11.5 Å². The molecule has 0 aliphatic rings. The summed E-state index contributed by atoms with van der Waals surface area (Å²) in [5, 5.41) is 3.46. The Morgan fingerprint density at radius 3 is 2.36 bits per heavy atom. The molecule has 144 valence electrons. The molecule has 0 aromatic heterocycles. The summed E-state index contributed by atoms with van der Waals surface area (Å²) in [6.45, 7) is 0.479. The number of rotatable bonds is 9. The molecule has 0 bridgehead atoms. The molecule has 28 heavy (non-hydrogen) atoms. The second-order valence-corrected chi connectivity index (χ2v) is 6.66. The van der Waals surface area contributed by atoms with E-state index in [1.807, 2.05) is 42.5 Å². The highest BCUT2D eigenvalue weighted by Gasteiger charge is 2.08. The van der Waals surface area contributed by atoms with Crippen LogP contribution in [0.1, 0.15) is 12.0 Å². The lowest BCUT2D eigenvalue weighted by atomic mass is 10.1. The van der Waals surface area contributed by atoms with Gasteiger partial charge in [-0.25, -0.2) is 0 Å². The van der Waals surface area contributed by atoms with Gasteiger partial charge < -0.3 is 14.8 Å². The van der Waals surface area contributed by atoms with Gasteiger partial charge >= 0.3 is 0 Å². The molecule has 1 N–H and O–H groups in total. The number of nitrogens with one attached hydrogen (secondary N) is 1. The molecule has 5 heteroatoms. The third kappa shape index (κ3) is 6.32. The van der Waals surface area contributed by atoms with Crippen LogP contribution in [0.4, 0.5) is 5.69 Å². The molecule has 4 nitrogen and oxygen atoms in total. The number of carbonyl (C=O) groups is 1. The van der Waals surface area contributed by atoms with Gasteiger partial charge in [-0.2, -0.15) is 0 Å². The quantitative estimate of drug-likeness (QED) is 0.495. The summed E-state index contributed by atoms with van der Waals surface area (Å²) < 4.78 is 11.3. The number of para-hydroxylation sites is 2. The molecule has 0 fully saturated rings. The van der Waals surface area contributed by atoms with Crippen LogP contribution in [-0.4, -0.2) is 19.1 Å². The summed E-state index contributed by atoms with van der Waals surface area (Å²) in [6, 6.07) is 24.6. The van der Waals surface area contributed by atoms with Crippen LogP contribution in [0, 0.1) is 0 Å². The number of amides is 1. The molecule has 3 aromatic rings. The Hall–Kier alpha value is -2.98. The van der Waals surface area contributed by atoms with E-state index < -0.39 is 0 Å². The van der Waals surface area contributed by atoms with Crippen molar-refractivity contribution in [1.29, 1.82) is 0 Å². The molecule has 0 aliphatic heterocycles. The van der Waals surface area contributed by atoms with E-state index >= 15 is 0 Å². The Balaban J connectivity index is 1.47. The van der Waals surface area contributed by atoms with Crippen molar-refractivity contribution in [3.05, 3.63) is 89.4 Å². The normalized spacial score (nSPS) is 10.3. The number of halogens is 1. The molecule has 3 aromatic carbocycles. The standard InChI is InChI=1S/C23H22ClNO3/c24-19-12-14-20(15-13-19)28-17-23(26)25-21-10-4-5-11-22(21)27-16-6-9-18-7-2-1-3-8-18/h1-5,7-8,10-15H,6,9,16-17H2,(H,25,26). The molecule has 0 radical (unpaired) electrons.